The largest absolute Gasteiger partial charge is 0.608 e. The van der Waals surface area contributed by atoms with Gasteiger partial charge in [0, 0.05) is 25.6 Å². The molecule has 144 valence electrons. The summed E-state index contributed by atoms with van der Waals surface area (Å²) < 4.78 is 23.8. The molecule has 0 radical (unpaired) electrons. The molecule has 0 saturated carbocycles. The first-order chi connectivity index (χ1) is 12.2. The maximum absolute atomic E-state index is 13.6. The Balaban J connectivity index is 2.50. The number of carbonyl (C=O) groups is 2. The second kappa shape index (κ2) is 8.18. The van der Waals surface area contributed by atoms with Crippen LogP contribution in [0, 0.1) is 5.21 Å². The number of nitrogens with zero attached hydrogens (tertiary/aromatic N) is 2. The highest BCUT2D eigenvalue weighted by molar-refractivity contribution is 7.86. The SMILES string of the molecule is NC(=O)[C@@H](O)CC(=O)[N+]([O-])(C1CCCNCC1)S(=O)(=O)c1ccccn1. The molecule has 1 saturated heterocycles. The van der Waals surface area contributed by atoms with E-state index in [1.54, 1.807) is 0 Å². The number of aromatic nitrogens is 1. The molecule has 1 aromatic rings. The Kier molecular flexibility index (Phi) is 6.42. The molecule has 4 N–H and O–H groups in total. The lowest BCUT2D eigenvalue weighted by Gasteiger charge is -2.43. The highest BCUT2D eigenvalue weighted by atomic mass is 32.2. The van der Waals surface area contributed by atoms with Gasteiger partial charge >= 0.3 is 15.9 Å². The number of hydroxylamine groups is 2. The van der Waals surface area contributed by atoms with Crippen LogP contribution in [0.1, 0.15) is 25.7 Å². The van der Waals surface area contributed by atoms with Crippen molar-refractivity contribution in [2.45, 2.75) is 42.9 Å². The van der Waals surface area contributed by atoms with Crippen LogP contribution in [0.15, 0.2) is 29.4 Å². The number of rotatable bonds is 6. The maximum atomic E-state index is 13.6. The van der Waals surface area contributed by atoms with E-state index in [4.69, 9.17) is 5.73 Å². The molecule has 2 rings (SSSR count). The van der Waals surface area contributed by atoms with Gasteiger partial charge in [0.2, 0.25) is 10.9 Å². The number of nitrogens with two attached hydrogens (primary N) is 1. The summed E-state index contributed by atoms with van der Waals surface area (Å²) in [5.74, 6) is -2.54. The van der Waals surface area contributed by atoms with Gasteiger partial charge in [0.1, 0.15) is 12.1 Å². The van der Waals surface area contributed by atoms with Crippen molar-refractivity contribution in [2.24, 2.45) is 5.73 Å². The molecule has 10 nitrogen and oxygen atoms in total. The Morgan fingerprint density at radius 2 is 2.12 bits per heavy atom. The quantitative estimate of drug-likeness (QED) is 0.413. The van der Waals surface area contributed by atoms with Gasteiger partial charge in [-0.2, -0.15) is 12.5 Å². The Bertz CT molecular complexity index is 749. The number of hydrogen-bond donors (Lipinski definition) is 3. The number of hydrogen-bond acceptors (Lipinski definition) is 8. The molecule has 2 unspecified atom stereocenters. The number of pyridine rings is 1. The van der Waals surface area contributed by atoms with E-state index in [1.165, 1.54) is 18.3 Å². The first-order valence-corrected chi connectivity index (χ1v) is 9.62. The van der Waals surface area contributed by atoms with Gasteiger partial charge < -0.3 is 21.4 Å². The Labute approximate surface area is 151 Å². The molecule has 26 heavy (non-hydrogen) atoms. The summed E-state index contributed by atoms with van der Waals surface area (Å²) >= 11 is 0. The van der Waals surface area contributed by atoms with Crippen molar-refractivity contribution in [2.75, 3.05) is 13.1 Å². The van der Waals surface area contributed by atoms with E-state index in [-0.39, 0.29) is 12.8 Å². The van der Waals surface area contributed by atoms with E-state index in [2.05, 4.69) is 10.3 Å². The average molecular weight is 386 g/mol. The maximum Gasteiger partial charge on any atom is 0.351 e. The van der Waals surface area contributed by atoms with Crippen LogP contribution in [0.2, 0.25) is 0 Å². The van der Waals surface area contributed by atoms with Gasteiger partial charge in [-0.05, 0) is 25.1 Å². The number of amides is 2. The molecule has 11 heteroatoms. The van der Waals surface area contributed by atoms with Gasteiger partial charge in [-0.1, -0.05) is 6.07 Å². The topological polar surface area (TPSA) is 163 Å². The predicted molar refractivity (Wildman–Crippen MR) is 90.4 cm³/mol. The molecule has 0 bridgehead atoms. The minimum absolute atomic E-state index is 0.147. The average Bonchev–Trinajstić information content (AvgIpc) is 2.91. The number of primary amides is 1. The molecule has 1 fully saturated rings. The second-order valence-corrected chi connectivity index (χ2v) is 8.00. The summed E-state index contributed by atoms with van der Waals surface area (Å²) in [5, 5.41) is 25.7. The summed E-state index contributed by atoms with van der Waals surface area (Å²) in [5.41, 5.74) is 4.93. The van der Waals surface area contributed by atoms with Crippen LogP contribution in [0.5, 0.6) is 0 Å². The van der Waals surface area contributed by atoms with Crippen molar-refractivity contribution in [1.82, 2.24) is 10.3 Å². The summed E-state index contributed by atoms with van der Waals surface area (Å²) in [6, 6.07) is 2.92. The van der Waals surface area contributed by atoms with Crippen molar-refractivity contribution < 1.29 is 27.2 Å². The smallest absolute Gasteiger partial charge is 0.351 e. The van der Waals surface area contributed by atoms with Crippen LogP contribution < -0.4 is 11.1 Å². The fourth-order valence-electron chi connectivity index (χ4n) is 2.91. The van der Waals surface area contributed by atoms with Crippen molar-refractivity contribution in [3.63, 3.8) is 0 Å². The Hall–Kier alpha value is -1.92. The number of aliphatic hydroxyl groups is 1. The summed E-state index contributed by atoms with van der Waals surface area (Å²) in [4.78, 5) is 27.4. The van der Waals surface area contributed by atoms with Crippen molar-refractivity contribution in [1.29, 1.82) is 0 Å². The fourth-order valence-corrected chi connectivity index (χ4v) is 4.57. The minimum Gasteiger partial charge on any atom is -0.608 e. The minimum atomic E-state index is -4.76. The zero-order valence-corrected chi connectivity index (χ0v) is 14.9. The monoisotopic (exact) mass is 386 g/mol. The van der Waals surface area contributed by atoms with Crippen LogP contribution in [-0.4, -0.2) is 59.6 Å². The summed E-state index contributed by atoms with van der Waals surface area (Å²) in [6.07, 6.45) is -0.855. The van der Waals surface area contributed by atoms with Gasteiger partial charge in [-0.15, -0.1) is 0 Å². The molecular weight excluding hydrogens is 364 g/mol. The standard InChI is InChI=1S/C15H22N4O6S/c16-15(22)12(20)10-14(21)19(23,11-4-3-7-17-9-6-11)26(24,25)13-5-1-2-8-18-13/h1-2,5,8,11-12,17,20H,3-4,6-7,9-10H2,(H2,16,22)/t11?,12-,19?/m0/s1. The molecule has 1 aromatic heterocycles. The zero-order valence-electron chi connectivity index (χ0n) is 14.1. The normalized spacial score (nSPS) is 22.0. The Morgan fingerprint density at radius 3 is 2.73 bits per heavy atom. The highest BCUT2D eigenvalue weighted by Gasteiger charge is 2.49. The van der Waals surface area contributed by atoms with E-state index in [0.717, 1.165) is 6.07 Å². The van der Waals surface area contributed by atoms with Crippen LogP contribution in [-0.2, 0) is 19.6 Å². The van der Waals surface area contributed by atoms with Gasteiger partial charge in [0.25, 0.3) is 0 Å². The molecule has 1 aliphatic rings. The van der Waals surface area contributed by atoms with E-state index in [0.29, 0.717) is 19.5 Å². The predicted octanol–water partition coefficient (Wildman–Crippen LogP) is -1.01. The van der Waals surface area contributed by atoms with Gasteiger partial charge in [0.05, 0.1) is 6.42 Å². The first-order valence-electron chi connectivity index (χ1n) is 8.18. The lowest BCUT2D eigenvalue weighted by Crippen LogP contribution is -2.59. The fraction of sp³-hybridized carbons (Fsp3) is 0.533. The van der Waals surface area contributed by atoms with Gasteiger partial charge in [-0.25, -0.2) is 9.78 Å². The van der Waals surface area contributed by atoms with Crippen LogP contribution in [0.3, 0.4) is 0 Å². The molecule has 0 aliphatic carbocycles. The van der Waals surface area contributed by atoms with E-state index < -0.39 is 49.5 Å². The van der Waals surface area contributed by atoms with Crippen molar-refractivity contribution in [3.05, 3.63) is 29.6 Å². The second-order valence-electron chi connectivity index (χ2n) is 6.09. The van der Waals surface area contributed by atoms with E-state index in [9.17, 15) is 28.3 Å². The first kappa shape index (κ1) is 20.4. The molecule has 3 atom stereocenters. The number of carbonyl (C=O) groups excluding carboxylic acids is 2. The van der Waals surface area contributed by atoms with Crippen LogP contribution >= 0.6 is 0 Å². The van der Waals surface area contributed by atoms with E-state index in [1.807, 2.05) is 0 Å². The van der Waals surface area contributed by atoms with E-state index >= 15 is 0 Å². The lowest BCUT2D eigenvalue weighted by atomic mass is 10.1. The van der Waals surface area contributed by atoms with Crippen molar-refractivity contribution >= 4 is 21.8 Å². The molecule has 0 aromatic carbocycles. The number of nitrogens with one attached hydrogen (secondary N) is 1. The molecule has 1 aliphatic heterocycles. The highest BCUT2D eigenvalue weighted by Crippen LogP contribution is 2.32. The molecule has 0 spiro atoms. The molecular formula is C15H22N4O6S. The zero-order chi connectivity index (χ0) is 19.4. The van der Waals surface area contributed by atoms with Crippen molar-refractivity contribution in [3.8, 4) is 0 Å². The molecule has 2 heterocycles. The van der Waals surface area contributed by atoms with Crippen LogP contribution in [0.4, 0.5) is 0 Å². The number of sulfonamides is 1. The number of aliphatic hydroxyl groups excluding tert-OH is 1. The third-order valence-electron chi connectivity index (χ3n) is 4.33. The summed E-state index contributed by atoms with van der Waals surface area (Å²) in [6.45, 7) is 0.967. The number of quaternary nitrogens is 1. The lowest BCUT2D eigenvalue weighted by molar-refractivity contribution is -0.705. The molecule has 2 amide bonds. The van der Waals surface area contributed by atoms with Gasteiger partial charge in [0.15, 0.2) is 0 Å². The third-order valence-corrected chi connectivity index (χ3v) is 6.32. The van der Waals surface area contributed by atoms with Gasteiger partial charge in [-0.3, -0.25) is 4.79 Å². The third kappa shape index (κ3) is 3.91. The Morgan fingerprint density at radius 1 is 1.38 bits per heavy atom. The summed E-state index contributed by atoms with van der Waals surface area (Å²) in [7, 11) is -4.76. The van der Waals surface area contributed by atoms with Crippen LogP contribution in [0.25, 0.3) is 0 Å².